The summed E-state index contributed by atoms with van der Waals surface area (Å²) < 4.78 is 2.28. The van der Waals surface area contributed by atoms with Crippen LogP contribution >= 0.6 is 43.2 Å². The van der Waals surface area contributed by atoms with Crippen LogP contribution in [-0.4, -0.2) is 48.6 Å². The van der Waals surface area contributed by atoms with E-state index in [1.807, 2.05) is 0 Å². The average Bonchev–Trinajstić information content (AvgIpc) is 2.67. The number of nitrogens with zero attached hydrogens (tertiary/aromatic N) is 2. The lowest BCUT2D eigenvalue weighted by Gasteiger charge is -2.45. The molecule has 3 unspecified atom stereocenters. The molecule has 2 rings (SSSR count). The standard InChI is InChI=1S/C13H21Br2N3S/c1-8-6-18(7-9(2)17(8)3)11(5-16)12-4-10(14)13(15)19-12/h4,8-9,11H,5-7,16H2,1-3H3. The quantitative estimate of drug-likeness (QED) is 0.829. The Hall–Kier alpha value is 0.540. The van der Waals surface area contributed by atoms with E-state index >= 15 is 0 Å². The highest BCUT2D eigenvalue weighted by Crippen LogP contribution is 2.37. The summed E-state index contributed by atoms with van der Waals surface area (Å²) in [7, 11) is 2.21. The second-order valence-corrected chi connectivity index (χ2v) is 8.60. The van der Waals surface area contributed by atoms with Crippen molar-refractivity contribution in [1.82, 2.24) is 9.80 Å². The van der Waals surface area contributed by atoms with Crippen molar-refractivity contribution in [2.75, 3.05) is 26.7 Å². The van der Waals surface area contributed by atoms with Crippen LogP contribution in [0.1, 0.15) is 24.8 Å². The van der Waals surface area contributed by atoms with E-state index in [9.17, 15) is 0 Å². The van der Waals surface area contributed by atoms with E-state index in [-0.39, 0.29) is 0 Å². The van der Waals surface area contributed by atoms with Gasteiger partial charge in [0.05, 0.1) is 9.83 Å². The molecule has 1 aromatic heterocycles. The van der Waals surface area contributed by atoms with Gasteiger partial charge in [0.2, 0.25) is 0 Å². The Labute approximate surface area is 136 Å². The third-order valence-corrected chi connectivity index (χ3v) is 7.40. The van der Waals surface area contributed by atoms with Crippen molar-refractivity contribution >= 4 is 43.2 Å². The first kappa shape index (κ1) is 15.9. The van der Waals surface area contributed by atoms with Gasteiger partial charge in [0.15, 0.2) is 0 Å². The monoisotopic (exact) mass is 409 g/mol. The second-order valence-electron chi connectivity index (χ2n) is 5.34. The maximum Gasteiger partial charge on any atom is 0.0843 e. The third-order valence-electron chi connectivity index (χ3n) is 4.04. The van der Waals surface area contributed by atoms with Crippen LogP contribution in [0.3, 0.4) is 0 Å². The van der Waals surface area contributed by atoms with E-state index in [2.05, 4.69) is 68.6 Å². The highest BCUT2D eigenvalue weighted by Gasteiger charge is 2.31. The summed E-state index contributed by atoms with van der Waals surface area (Å²) >= 11 is 8.92. The number of likely N-dealkylation sites (N-methyl/N-ethyl adjacent to an activating group) is 1. The summed E-state index contributed by atoms with van der Waals surface area (Å²) in [6.07, 6.45) is 0. The van der Waals surface area contributed by atoms with Gasteiger partial charge in [-0.05, 0) is 58.8 Å². The fraction of sp³-hybridized carbons (Fsp3) is 0.692. The topological polar surface area (TPSA) is 32.5 Å². The minimum Gasteiger partial charge on any atom is -0.329 e. The van der Waals surface area contributed by atoms with Gasteiger partial charge in [-0.25, -0.2) is 0 Å². The van der Waals surface area contributed by atoms with Crippen LogP contribution in [0.2, 0.25) is 0 Å². The second kappa shape index (κ2) is 6.54. The van der Waals surface area contributed by atoms with E-state index in [1.165, 1.54) is 4.88 Å². The molecule has 0 saturated carbocycles. The zero-order valence-corrected chi connectivity index (χ0v) is 15.6. The summed E-state index contributed by atoms with van der Waals surface area (Å²) in [5, 5.41) is 0. The molecule has 1 fully saturated rings. The molecule has 1 aromatic rings. The van der Waals surface area contributed by atoms with Crippen molar-refractivity contribution in [3.05, 3.63) is 19.2 Å². The Morgan fingerprint density at radius 3 is 2.37 bits per heavy atom. The van der Waals surface area contributed by atoms with Crippen molar-refractivity contribution in [3.63, 3.8) is 0 Å². The minimum atomic E-state index is 0.325. The lowest BCUT2D eigenvalue weighted by molar-refractivity contribution is 0.0360. The van der Waals surface area contributed by atoms with Gasteiger partial charge in [-0.2, -0.15) is 0 Å². The van der Waals surface area contributed by atoms with Gasteiger partial charge in [0.25, 0.3) is 0 Å². The fourth-order valence-corrected chi connectivity index (χ4v) is 4.91. The number of rotatable bonds is 3. The molecule has 1 aliphatic heterocycles. The zero-order chi connectivity index (χ0) is 14.2. The first-order valence-corrected chi connectivity index (χ1v) is 8.95. The molecule has 2 N–H and O–H groups in total. The molecule has 1 saturated heterocycles. The predicted octanol–water partition coefficient (Wildman–Crippen LogP) is 3.30. The fourth-order valence-electron chi connectivity index (χ4n) is 2.67. The molecule has 108 valence electrons. The maximum absolute atomic E-state index is 6.04. The van der Waals surface area contributed by atoms with E-state index in [0.29, 0.717) is 24.7 Å². The molecule has 0 bridgehead atoms. The molecule has 2 heterocycles. The van der Waals surface area contributed by atoms with Crippen LogP contribution in [0.25, 0.3) is 0 Å². The SMILES string of the molecule is CC1CN(C(CN)c2cc(Br)c(Br)s2)CC(C)N1C. The van der Waals surface area contributed by atoms with Gasteiger partial charge in [0, 0.05) is 41.1 Å². The van der Waals surface area contributed by atoms with Crippen molar-refractivity contribution < 1.29 is 0 Å². The highest BCUT2D eigenvalue weighted by molar-refractivity contribution is 9.13. The molecule has 3 nitrogen and oxygen atoms in total. The Kier molecular flexibility index (Phi) is 5.48. The third kappa shape index (κ3) is 3.41. The molecule has 6 heteroatoms. The first-order valence-electron chi connectivity index (χ1n) is 6.54. The summed E-state index contributed by atoms with van der Waals surface area (Å²) in [6.45, 7) is 7.40. The maximum atomic E-state index is 6.04. The number of nitrogens with two attached hydrogens (primary N) is 1. The molecule has 0 aliphatic carbocycles. The number of hydrogen-bond donors (Lipinski definition) is 1. The van der Waals surface area contributed by atoms with Crippen LogP contribution in [0.5, 0.6) is 0 Å². The van der Waals surface area contributed by atoms with Crippen LogP contribution in [-0.2, 0) is 0 Å². The molecule has 0 aromatic carbocycles. The highest BCUT2D eigenvalue weighted by atomic mass is 79.9. The average molecular weight is 411 g/mol. The molecule has 3 atom stereocenters. The van der Waals surface area contributed by atoms with Crippen LogP contribution in [0.15, 0.2) is 14.3 Å². The van der Waals surface area contributed by atoms with Gasteiger partial charge >= 0.3 is 0 Å². The molecular formula is C13H21Br2N3S. The predicted molar refractivity (Wildman–Crippen MR) is 89.8 cm³/mol. The van der Waals surface area contributed by atoms with E-state index < -0.39 is 0 Å². The summed E-state index contributed by atoms with van der Waals surface area (Å²) in [6, 6.07) is 3.67. The smallest absolute Gasteiger partial charge is 0.0843 e. The van der Waals surface area contributed by atoms with Gasteiger partial charge in [0.1, 0.15) is 0 Å². The largest absolute Gasteiger partial charge is 0.329 e. The van der Waals surface area contributed by atoms with E-state index in [1.54, 1.807) is 11.3 Å². The lowest BCUT2D eigenvalue weighted by Crippen LogP contribution is -2.56. The van der Waals surface area contributed by atoms with Gasteiger partial charge in [-0.1, -0.05) is 0 Å². The van der Waals surface area contributed by atoms with Gasteiger partial charge < -0.3 is 5.73 Å². The van der Waals surface area contributed by atoms with Gasteiger partial charge in [-0.3, -0.25) is 9.80 Å². The molecule has 19 heavy (non-hydrogen) atoms. The number of piperazine rings is 1. The minimum absolute atomic E-state index is 0.325. The van der Waals surface area contributed by atoms with E-state index in [4.69, 9.17) is 5.73 Å². The number of halogens is 2. The summed E-state index contributed by atoms with van der Waals surface area (Å²) in [5.74, 6) is 0. The Morgan fingerprint density at radius 1 is 1.37 bits per heavy atom. The molecule has 0 spiro atoms. The van der Waals surface area contributed by atoms with Crippen molar-refractivity contribution in [3.8, 4) is 0 Å². The van der Waals surface area contributed by atoms with Gasteiger partial charge in [-0.15, -0.1) is 11.3 Å². The first-order chi connectivity index (χ1) is 8.93. The Balaban J connectivity index is 2.18. The lowest BCUT2D eigenvalue weighted by atomic mass is 10.1. The van der Waals surface area contributed by atoms with Crippen LogP contribution in [0.4, 0.5) is 0 Å². The van der Waals surface area contributed by atoms with Crippen LogP contribution in [0, 0.1) is 0 Å². The van der Waals surface area contributed by atoms with Crippen molar-refractivity contribution in [2.45, 2.75) is 32.0 Å². The Morgan fingerprint density at radius 2 is 1.95 bits per heavy atom. The Bertz CT molecular complexity index is 406. The van der Waals surface area contributed by atoms with Crippen molar-refractivity contribution in [1.29, 1.82) is 0 Å². The zero-order valence-electron chi connectivity index (χ0n) is 11.6. The summed E-state index contributed by atoms with van der Waals surface area (Å²) in [5.41, 5.74) is 6.04. The molecular weight excluding hydrogens is 390 g/mol. The van der Waals surface area contributed by atoms with E-state index in [0.717, 1.165) is 21.3 Å². The number of thiophene rings is 1. The van der Waals surface area contributed by atoms with Crippen LogP contribution < -0.4 is 5.73 Å². The number of hydrogen-bond acceptors (Lipinski definition) is 4. The summed E-state index contributed by atoms with van der Waals surface area (Å²) in [4.78, 5) is 6.31. The molecule has 0 amide bonds. The van der Waals surface area contributed by atoms with Crippen molar-refractivity contribution in [2.24, 2.45) is 5.73 Å². The molecule has 1 aliphatic rings. The molecule has 0 radical (unpaired) electrons. The normalized spacial score (nSPS) is 27.7.